The summed E-state index contributed by atoms with van der Waals surface area (Å²) in [6, 6.07) is 2.01. The lowest BCUT2D eigenvalue weighted by Gasteiger charge is -2.01. The van der Waals surface area contributed by atoms with Gasteiger partial charge in [-0.3, -0.25) is 0 Å². The number of aromatic nitrogens is 2. The van der Waals surface area contributed by atoms with Gasteiger partial charge in [0.15, 0.2) is 0 Å². The second-order valence-corrected chi connectivity index (χ2v) is 3.53. The lowest BCUT2D eigenvalue weighted by Crippen LogP contribution is -1.93. The Balaban J connectivity index is 2.96. The molecule has 0 amide bonds. The van der Waals surface area contributed by atoms with E-state index in [1.165, 1.54) is 0 Å². The van der Waals surface area contributed by atoms with Gasteiger partial charge in [-0.1, -0.05) is 13.8 Å². The minimum atomic E-state index is 0.497. The van der Waals surface area contributed by atoms with E-state index >= 15 is 0 Å². The zero-order valence-corrected chi connectivity index (χ0v) is 8.16. The summed E-state index contributed by atoms with van der Waals surface area (Å²) in [6.07, 6.45) is 1.61. The lowest BCUT2D eigenvalue weighted by atomic mass is 10.1. The molecule has 0 aliphatic heterocycles. The second kappa shape index (κ2) is 3.27. The predicted molar refractivity (Wildman–Crippen MR) is 48.8 cm³/mol. The highest BCUT2D eigenvalue weighted by atomic mass is 127. The van der Waals surface area contributed by atoms with E-state index in [-0.39, 0.29) is 0 Å². The largest absolute Gasteiger partial charge is 0.241 e. The smallest absolute Gasteiger partial charge is 0.116 e. The molecule has 1 aromatic rings. The van der Waals surface area contributed by atoms with E-state index < -0.39 is 0 Å². The normalized spacial score (nSPS) is 10.4. The molecule has 0 aliphatic rings. The van der Waals surface area contributed by atoms with Crippen LogP contribution in [-0.4, -0.2) is 9.97 Å². The summed E-state index contributed by atoms with van der Waals surface area (Å²) in [7, 11) is 0. The summed E-state index contributed by atoms with van der Waals surface area (Å²) in [5.41, 5.74) is 1.11. The van der Waals surface area contributed by atoms with Crippen LogP contribution in [-0.2, 0) is 0 Å². The summed E-state index contributed by atoms with van der Waals surface area (Å²) in [6.45, 7) is 4.25. The Labute approximate surface area is 74.2 Å². The Morgan fingerprint density at radius 2 is 2.10 bits per heavy atom. The van der Waals surface area contributed by atoms with E-state index in [4.69, 9.17) is 0 Å². The lowest BCUT2D eigenvalue weighted by molar-refractivity contribution is 0.810. The van der Waals surface area contributed by atoms with Crippen LogP contribution in [0.3, 0.4) is 0 Å². The maximum absolute atomic E-state index is 4.12. The van der Waals surface area contributed by atoms with Crippen LogP contribution in [0.15, 0.2) is 12.4 Å². The summed E-state index contributed by atoms with van der Waals surface area (Å²) < 4.78 is 1.01. The molecule has 0 spiro atoms. The molecule has 1 rings (SSSR count). The van der Waals surface area contributed by atoms with Gasteiger partial charge >= 0.3 is 0 Å². The van der Waals surface area contributed by atoms with Crippen molar-refractivity contribution in [2.24, 2.45) is 0 Å². The fraction of sp³-hybridized carbons (Fsp3) is 0.429. The first-order valence-electron chi connectivity index (χ1n) is 3.17. The van der Waals surface area contributed by atoms with Crippen LogP contribution in [0, 0.1) is 3.70 Å². The van der Waals surface area contributed by atoms with E-state index in [1.807, 2.05) is 6.07 Å². The molecule has 3 heteroatoms. The maximum Gasteiger partial charge on any atom is 0.116 e. The molecule has 0 atom stereocenters. The van der Waals surface area contributed by atoms with Crippen molar-refractivity contribution >= 4 is 22.6 Å². The van der Waals surface area contributed by atoms with Gasteiger partial charge < -0.3 is 0 Å². The third-order valence-corrected chi connectivity index (χ3v) is 1.84. The summed E-state index contributed by atoms with van der Waals surface area (Å²) in [5, 5.41) is 0. The number of hydrogen-bond acceptors (Lipinski definition) is 2. The number of hydrogen-bond donors (Lipinski definition) is 0. The molecule has 0 aliphatic carbocycles. The average Bonchev–Trinajstić information content (AvgIpc) is 1.88. The van der Waals surface area contributed by atoms with Gasteiger partial charge in [0.25, 0.3) is 0 Å². The van der Waals surface area contributed by atoms with Crippen molar-refractivity contribution in [3.8, 4) is 0 Å². The Morgan fingerprint density at radius 3 is 2.50 bits per heavy atom. The van der Waals surface area contributed by atoms with E-state index in [9.17, 15) is 0 Å². The van der Waals surface area contributed by atoms with Crippen LogP contribution < -0.4 is 0 Å². The second-order valence-electron chi connectivity index (χ2n) is 2.42. The maximum atomic E-state index is 4.12. The van der Waals surface area contributed by atoms with Gasteiger partial charge in [-0.05, 0) is 34.6 Å². The topological polar surface area (TPSA) is 25.8 Å². The van der Waals surface area contributed by atoms with Gasteiger partial charge in [0.2, 0.25) is 0 Å². The van der Waals surface area contributed by atoms with Gasteiger partial charge in [-0.25, -0.2) is 9.97 Å². The van der Waals surface area contributed by atoms with Crippen molar-refractivity contribution in [2.45, 2.75) is 19.8 Å². The molecule has 54 valence electrons. The van der Waals surface area contributed by atoms with Crippen LogP contribution in [0.2, 0.25) is 0 Å². The Morgan fingerprint density at radius 1 is 1.40 bits per heavy atom. The van der Waals surface area contributed by atoms with E-state index in [0.29, 0.717) is 5.92 Å². The molecule has 0 radical (unpaired) electrons. The third kappa shape index (κ3) is 1.90. The van der Waals surface area contributed by atoms with Gasteiger partial charge in [0.05, 0.1) is 0 Å². The molecule has 1 aromatic heterocycles. The summed E-state index contributed by atoms with van der Waals surface area (Å²) in [5.74, 6) is 0.497. The molecular weight excluding hydrogens is 239 g/mol. The van der Waals surface area contributed by atoms with Crippen molar-refractivity contribution in [3.63, 3.8) is 0 Å². The van der Waals surface area contributed by atoms with E-state index in [2.05, 4.69) is 46.4 Å². The van der Waals surface area contributed by atoms with E-state index in [0.717, 1.165) is 9.39 Å². The molecule has 0 unspecified atom stereocenters. The quantitative estimate of drug-likeness (QED) is 0.562. The molecule has 1 heterocycles. The summed E-state index contributed by atoms with van der Waals surface area (Å²) >= 11 is 2.19. The highest BCUT2D eigenvalue weighted by Crippen LogP contribution is 2.11. The van der Waals surface area contributed by atoms with Gasteiger partial charge in [0, 0.05) is 5.69 Å². The highest BCUT2D eigenvalue weighted by molar-refractivity contribution is 14.1. The van der Waals surface area contributed by atoms with Crippen LogP contribution in [0.1, 0.15) is 25.5 Å². The molecule has 0 N–H and O–H groups in total. The Bertz CT molecular complexity index is 223. The van der Waals surface area contributed by atoms with Crippen LogP contribution >= 0.6 is 22.6 Å². The SMILES string of the molecule is CC(C)c1cc(I)ncn1. The zero-order valence-electron chi connectivity index (χ0n) is 6.00. The number of rotatable bonds is 1. The fourth-order valence-corrected chi connectivity index (χ4v) is 1.11. The van der Waals surface area contributed by atoms with Crippen molar-refractivity contribution in [1.29, 1.82) is 0 Å². The fourth-order valence-electron chi connectivity index (χ4n) is 0.663. The Hall–Kier alpha value is -0.190. The first kappa shape index (κ1) is 7.91. The minimum absolute atomic E-state index is 0.497. The zero-order chi connectivity index (χ0) is 7.56. The molecule has 10 heavy (non-hydrogen) atoms. The van der Waals surface area contributed by atoms with Crippen molar-refractivity contribution in [2.75, 3.05) is 0 Å². The molecule has 0 fully saturated rings. The van der Waals surface area contributed by atoms with Crippen LogP contribution in [0.25, 0.3) is 0 Å². The first-order valence-corrected chi connectivity index (χ1v) is 4.25. The standard InChI is InChI=1S/C7H9IN2/c1-5(2)6-3-7(8)10-4-9-6/h3-5H,1-2H3. The summed E-state index contributed by atoms with van der Waals surface area (Å²) in [4.78, 5) is 8.12. The molecule has 0 aromatic carbocycles. The monoisotopic (exact) mass is 248 g/mol. The molecule has 0 saturated carbocycles. The highest BCUT2D eigenvalue weighted by Gasteiger charge is 1.99. The van der Waals surface area contributed by atoms with Crippen molar-refractivity contribution < 1.29 is 0 Å². The third-order valence-electron chi connectivity index (χ3n) is 1.25. The molecular formula is C7H9IN2. The minimum Gasteiger partial charge on any atom is -0.241 e. The average molecular weight is 248 g/mol. The predicted octanol–water partition coefficient (Wildman–Crippen LogP) is 2.20. The molecule has 0 bridgehead atoms. The van der Waals surface area contributed by atoms with Gasteiger partial charge in [0.1, 0.15) is 10.0 Å². The van der Waals surface area contributed by atoms with Gasteiger partial charge in [-0.2, -0.15) is 0 Å². The van der Waals surface area contributed by atoms with Gasteiger partial charge in [-0.15, -0.1) is 0 Å². The first-order chi connectivity index (χ1) is 4.70. The van der Waals surface area contributed by atoms with Crippen molar-refractivity contribution in [3.05, 3.63) is 21.8 Å². The van der Waals surface area contributed by atoms with Crippen LogP contribution in [0.5, 0.6) is 0 Å². The van der Waals surface area contributed by atoms with Crippen LogP contribution in [0.4, 0.5) is 0 Å². The number of halogens is 1. The molecule has 2 nitrogen and oxygen atoms in total. The Kier molecular flexibility index (Phi) is 2.59. The number of nitrogens with zero attached hydrogens (tertiary/aromatic N) is 2. The van der Waals surface area contributed by atoms with E-state index in [1.54, 1.807) is 6.33 Å². The molecule has 0 saturated heterocycles. The van der Waals surface area contributed by atoms with Crippen molar-refractivity contribution in [1.82, 2.24) is 9.97 Å².